The van der Waals surface area contributed by atoms with Crippen molar-refractivity contribution in [3.8, 4) is 6.07 Å². The topological polar surface area (TPSA) is 76.1 Å². The summed E-state index contributed by atoms with van der Waals surface area (Å²) in [6.07, 6.45) is 1.27. The van der Waals surface area contributed by atoms with E-state index in [-0.39, 0.29) is 5.97 Å². The Morgan fingerprint density at radius 3 is 2.74 bits per heavy atom. The molecule has 0 aliphatic carbocycles. The fourth-order valence-corrected chi connectivity index (χ4v) is 2.15. The molecule has 0 spiro atoms. The van der Waals surface area contributed by atoms with Gasteiger partial charge in [-0.15, -0.1) is 0 Å². The monoisotopic (exact) mass is 260 g/mol. The van der Waals surface area contributed by atoms with E-state index >= 15 is 0 Å². The quantitative estimate of drug-likeness (QED) is 0.795. The fourth-order valence-electron chi connectivity index (χ4n) is 2.15. The lowest BCUT2D eigenvalue weighted by molar-refractivity contribution is -0.149. The molecule has 19 heavy (non-hydrogen) atoms. The number of hydrogen-bond donors (Lipinski definition) is 1. The molecule has 2 N–H and O–H groups in total. The Bertz CT molecular complexity index is 479. The van der Waals surface area contributed by atoms with Gasteiger partial charge >= 0.3 is 5.97 Å². The molecule has 0 saturated heterocycles. The zero-order valence-corrected chi connectivity index (χ0v) is 11.5. The van der Waals surface area contributed by atoms with Gasteiger partial charge < -0.3 is 10.5 Å². The van der Waals surface area contributed by atoms with E-state index in [1.807, 2.05) is 19.1 Å². The van der Waals surface area contributed by atoms with Gasteiger partial charge in [0.1, 0.15) is 0 Å². The average molecular weight is 260 g/mol. The Hall–Kier alpha value is -1.86. The van der Waals surface area contributed by atoms with Crippen LogP contribution in [0.4, 0.5) is 0 Å². The molecule has 0 heterocycles. The van der Waals surface area contributed by atoms with E-state index in [0.29, 0.717) is 37.1 Å². The second kappa shape index (κ2) is 6.91. The third-order valence-electron chi connectivity index (χ3n) is 3.25. The Morgan fingerprint density at radius 1 is 1.47 bits per heavy atom. The number of esters is 1. The van der Waals surface area contributed by atoms with Crippen molar-refractivity contribution in [1.29, 1.82) is 5.26 Å². The molecule has 1 aromatic carbocycles. The molecule has 0 aliphatic rings. The van der Waals surface area contributed by atoms with Gasteiger partial charge in [-0.2, -0.15) is 5.26 Å². The molecule has 0 aromatic heterocycles. The molecule has 102 valence electrons. The van der Waals surface area contributed by atoms with E-state index in [0.717, 1.165) is 0 Å². The van der Waals surface area contributed by atoms with E-state index in [9.17, 15) is 10.1 Å². The molecule has 0 bridgehead atoms. The summed E-state index contributed by atoms with van der Waals surface area (Å²) in [7, 11) is 0. The highest BCUT2D eigenvalue weighted by Crippen LogP contribution is 2.32. The van der Waals surface area contributed by atoms with E-state index in [1.165, 1.54) is 0 Å². The molecule has 1 aromatic rings. The SMILES string of the molecule is CCOC(=O)C(C)(CCCN)c1ccccc1C#N. The van der Waals surface area contributed by atoms with Crippen molar-refractivity contribution < 1.29 is 9.53 Å². The van der Waals surface area contributed by atoms with Gasteiger partial charge in [0, 0.05) is 0 Å². The van der Waals surface area contributed by atoms with Gasteiger partial charge in [-0.3, -0.25) is 4.79 Å². The third-order valence-corrected chi connectivity index (χ3v) is 3.25. The summed E-state index contributed by atoms with van der Waals surface area (Å²) in [5, 5.41) is 9.19. The number of rotatable bonds is 6. The van der Waals surface area contributed by atoms with Crippen molar-refractivity contribution >= 4 is 5.97 Å². The first-order valence-corrected chi connectivity index (χ1v) is 6.47. The highest BCUT2D eigenvalue weighted by molar-refractivity contribution is 5.83. The normalized spacial score (nSPS) is 13.4. The lowest BCUT2D eigenvalue weighted by Crippen LogP contribution is -2.36. The first-order valence-electron chi connectivity index (χ1n) is 6.47. The van der Waals surface area contributed by atoms with E-state index in [1.54, 1.807) is 19.1 Å². The Labute approximate surface area is 114 Å². The van der Waals surface area contributed by atoms with E-state index in [2.05, 4.69) is 6.07 Å². The molecule has 0 saturated carbocycles. The van der Waals surface area contributed by atoms with Crippen molar-refractivity contribution in [3.63, 3.8) is 0 Å². The van der Waals surface area contributed by atoms with Crippen LogP contribution in [-0.2, 0) is 14.9 Å². The molecule has 0 aliphatic heterocycles. The summed E-state index contributed by atoms with van der Waals surface area (Å²) in [4.78, 5) is 12.3. The fraction of sp³-hybridized carbons (Fsp3) is 0.467. The number of nitriles is 1. The lowest BCUT2D eigenvalue weighted by atomic mass is 9.76. The maximum absolute atomic E-state index is 12.3. The van der Waals surface area contributed by atoms with Crippen molar-refractivity contribution in [3.05, 3.63) is 35.4 Å². The number of ether oxygens (including phenoxy) is 1. The number of nitrogens with two attached hydrogens (primary N) is 1. The van der Waals surface area contributed by atoms with Crippen LogP contribution in [0.15, 0.2) is 24.3 Å². The molecule has 1 rings (SSSR count). The van der Waals surface area contributed by atoms with Gasteiger partial charge in [-0.05, 0) is 44.9 Å². The number of benzene rings is 1. The van der Waals surface area contributed by atoms with E-state index < -0.39 is 5.41 Å². The molecule has 0 fully saturated rings. The van der Waals surface area contributed by atoms with Crippen LogP contribution >= 0.6 is 0 Å². The zero-order chi connectivity index (χ0) is 14.3. The van der Waals surface area contributed by atoms with Crippen molar-refractivity contribution in [2.45, 2.75) is 32.1 Å². The lowest BCUT2D eigenvalue weighted by Gasteiger charge is -2.28. The Balaban J connectivity index is 3.23. The largest absolute Gasteiger partial charge is 0.465 e. The van der Waals surface area contributed by atoms with Crippen molar-refractivity contribution in [2.75, 3.05) is 13.2 Å². The van der Waals surface area contributed by atoms with Crippen molar-refractivity contribution in [2.24, 2.45) is 5.73 Å². The summed E-state index contributed by atoms with van der Waals surface area (Å²) >= 11 is 0. The molecule has 4 nitrogen and oxygen atoms in total. The van der Waals surface area contributed by atoms with Crippen LogP contribution in [0, 0.1) is 11.3 Å². The molecule has 0 radical (unpaired) electrons. The van der Waals surface area contributed by atoms with Crippen LogP contribution in [0.1, 0.15) is 37.8 Å². The van der Waals surface area contributed by atoms with Crippen LogP contribution in [0.5, 0.6) is 0 Å². The minimum atomic E-state index is -0.818. The molecular formula is C15H20N2O2. The summed E-state index contributed by atoms with van der Waals surface area (Å²) < 4.78 is 5.17. The highest BCUT2D eigenvalue weighted by atomic mass is 16.5. The predicted octanol–water partition coefficient (Wildman–Crippen LogP) is 2.12. The summed E-state index contributed by atoms with van der Waals surface area (Å²) in [5.74, 6) is -0.300. The van der Waals surface area contributed by atoms with Crippen LogP contribution in [0.2, 0.25) is 0 Å². The van der Waals surface area contributed by atoms with Gasteiger partial charge in [0.2, 0.25) is 0 Å². The van der Waals surface area contributed by atoms with Gasteiger partial charge in [0.25, 0.3) is 0 Å². The summed E-state index contributed by atoms with van der Waals surface area (Å²) in [6, 6.07) is 9.28. The predicted molar refractivity (Wildman–Crippen MR) is 73.4 cm³/mol. The Kier molecular flexibility index (Phi) is 5.53. The smallest absolute Gasteiger partial charge is 0.316 e. The number of carbonyl (C=O) groups excluding carboxylic acids is 1. The van der Waals surface area contributed by atoms with Gasteiger partial charge in [-0.1, -0.05) is 18.2 Å². The summed E-state index contributed by atoms with van der Waals surface area (Å²) in [6.45, 7) is 4.42. The standard InChI is InChI=1S/C15H20N2O2/c1-3-19-14(18)15(2,9-6-10-16)13-8-5-4-7-12(13)11-17/h4-5,7-8H,3,6,9-10,16H2,1-2H3. The molecule has 1 unspecified atom stereocenters. The second-order valence-electron chi connectivity index (χ2n) is 4.60. The maximum atomic E-state index is 12.3. The van der Waals surface area contributed by atoms with Crippen LogP contribution in [-0.4, -0.2) is 19.1 Å². The van der Waals surface area contributed by atoms with Crippen LogP contribution in [0.3, 0.4) is 0 Å². The van der Waals surface area contributed by atoms with Gasteiger partial charge in [0.15, 0.2) is 0 Å². The zero-order valence-electron chi connectivity index (χ0n) is 11.5. The average Bonchev–Trinajstić information content (AvgIpc) is 2.44. The third kappa shape index (κ3) is 3.33. The molecular weight excluding hydrogens is 240 g/mol. The molecule has 0 amide bonds. The number of carbonyl (C=O) groups is 1. The summed E-state index contributed by atoms with van der Waals surface area (Å²) in [5.41, 5.74) is 5.95. The minimum absolute atomic E-state index is 0.300. The highest BCUT2D eigenvalue weighted by Gasteiger charge is 2.37. The van der Waals surface area contributed by atoms with Crippen LogP contribution < -0.4 is 5.73 Å². The number of hydrogen-bond acceptors (Lipinski definition) is 4. The molecule has 1 atom stereocenters. The minimum Gasteiger partial charge on any atom is -0.465 e. The second-order valence-corrected chi connectivity index (χ2v) is 4.60. The first-order chi connectivity index (χ1) is 9.10. The van der Waals surface area contributed by atoms with E-state index in [4.69, 9.17) is 10.5 Å². The van der Waals surface area contributed by atoms with Gasteiger partial charge in [0.05, 0.1) is 23.7 Å². The van der Waals surface area contributed by atoms with Gasteiger partial charge in [-0.25, -0.2) is 0 Å². The van der Waals surface area contributed by atoms with Crippen LogP contribution in [0.25, 0.3) is 0 Å². The van der Waals surface area contributed by atoms with Crippen molar-refractivity contribution in [1.82, 2.24) is 0 Å². The Morgan fingerprint density at radius 2 is 2.16 bits per heavy atom. The molecule has 4 heteroatoms. The number of nitrogens with zero attached hydrogens (tertiary/aromatic N) is 1. The first kappa shape index (κ1) is 15.2. The maximum Gasteiger partial charge on any atom is 0.316 e.